The minimum Gasteiger partial charge on any atom is -0.497 e. The van der Waals surface area contributed by atoms with E-state index >= 15 is 0 Å². The van der Waals surface area contributed by atoms with Crippen LogP contribution < -0.4 is 4.74 Å². The van der Waals surface area contributed by atoms with E-state index in [1.165, 1.54) is 0 Å². The summed E-state index contributed by atoms with van der Waals surface area (Å²) < 4.78 is 22.7. The van der Waals surface area contributed by atoms with Gasteiger partial charge < -0.3 is 9.26 Å². The number of ether oxygens (including phenoxy) is 1. The highest BCUT2D eigenvalue weighted by Gasteiger charge is 2.13. The standard InChI is InChI=1S/C17H16N2O3S/c1-12-4-3-5-15(10-12)23(20)11-16-18-17(22-19-16)13-6-8-14(21-2)9-7-13/h3-10H,11H2,1-2H3/t23-/m1/s1. The number of methoxy groups -OCH3 is 1. The van der Waals surface area contributed by atoms with E-state index in [0.717, 1.165) is 21.8 Å². The van der Waals surface area contributed by atoms with Crippen molar-refractivity contribution in [2.24, 2.45) is 0 Å². The number of rotatable bonds is 5. The monoisotopic (exact) mass is 328 g/mol. The predicted octanol–water partition coefficient (Wildman–Crippen LogP) is 3.36. The largest absolute Gasteiger partial charge is 0.497 e. The molecule has 3 rings (SSSR count). The van der Waals surface area contributed by atoms with Crippen molar-refractivity contribution in [2.45, 2.75) is 17.6 Å². The molecule has 1 heterocycles. The number of hydrogen-bond donors (Lipinski definition) is 0. The molecule has 0 aliphatic carbocycles. The minimum absolute atomic E-state index is 0.225. The molecule has 5 nitrogen and oxygen atoms in total. The van der Waals surface area contributed by atoms with Gasteiger partial charge in [0.25, 0.3) is 5.89 Å². The fourth-order valence-corrected chi connectivity index (χ4v) is 3.19. The van der Waals surface area contributed by atoms with Crippen LogP contribution in [0.2, 0.25) is 0 Å². The van der Waals surface area contributed by atoms with E-state index in [0.29, 0.717) is 11.7 Å². The van der Waals surface area contributed by atoms with E-state index in [9.17, 15) is 4.21 Å². The van der Waals surface area contributed by atoms with Crippen LogP contribution in [-0.4, -0.2) is 21.5 Å². The molecule has 0 saturated heterocycles. The van der Waals surface area contributed by atoms with Crippen LogP contribution in [-0.2, 0) is 16.6 Å². The molecular weight excluding hydrogens is 312 g/mol. The molecule has 6 heteroatoms. The zero-order valence-electron chi connectivity index (χ0n) is 12.9. The second-order valence-electron chi connectivity index (χ2n) is 5.05. The number of aromatic nitrogens is 2. The molecule has 0 N–H and O–H groups in total. The van der Waals surface area contributed by atoms with Gasteiger partial charge >= 0.3 is 0 Å². The lowest BCUT2D eigenvalue weighted by Crippen LogP contribution is -1.98. The van der Waals surface area contributed by atoms with Gasteiger partial charge in [0.05, 0.1) is 23.7 Å². The summed E-state index contributed by atoms with van der Waals surface area (Å²) in [7, 11) is 0.414. The maximum atomic E-state index is 12.4. The molecule has 0 amide bonds. The van der Waals surface area contributed by atoms with Crippen molar-refractivity contribution in [2.75, 3.05) is 7.11 Å². The van der Waals surface area contributed by atoms with Gasteiger partial charge in [-0.15, -0.1) is 0 Å². The van der Waals surface area contributed by atoms with Crippen LogP contribution in [0.15, 0.2) is 57.9 Å². The maximum Gasteiger partial charge on any atom is 0.257 e. The van der Waals surface area contributed by atoms with E-state index in [1.54, 1.807) is 7.11 Å². The number of benzene rings is 2. The lowest BCUT2D eigenvalue weighted by atomic mass is 10.2. The number of nitrogens with zero attached hydrogens (tertiary/aromatic N) is 2. The Balaban J connectivity index is 1.75. The Hall–Kier alpha value is -2.47. The van der Waals surface area contributed by atoms with Gasteiger partial charge in [0.2, 0.25) is 0 Å². The predicted molar refractivity (Wildman–Crippen MR) is 87.6 cm³/mol. The quantitative estimate of drug-likeness (QED) is 0.718. The lowest BCUT2D eigenvalue weighted by molar-refractivity contribution is 0.414. The molecule has 1 aromatic heterocycles. The summed E-state index contributed by atoms with van der Waals surface area (Å²) in [5.74, 6) is 1.82. The molecule has 0 bridgehead atoms. The van der Waals surface area contributed by atoms with Crippen LogP contribution in [0.4, 0.5) is 0 Å². The minimum atomic E-state index is -1.20. The Bertz CT molecular complexity index is 828. The average Bonchev–Trinajstić information content (AvgIpc) is 3.03. The van der Waals surface area contributed by atoms with Gasteiger partial charge in [0.1, 0.15) is 5.75 Å². The van der Waals surface area contributed by atoms with Crippen LogP contribution in [0, 0.1) is 6.92 Å². The van der Waals surface area contributed by atoms with Crippen molar-refractivity contribution in [3.8, 4) is 17.2 Å². The molecule has 23 heavy (non-hydrogen) atoms. The van der Waals surface area contributed by atoms with Crippen LogP contribution in [0.3, 0.4) is 0 Å². The SMILES string of the molecule is COc1ccc(-c2nc(C[S@@](=O)c3cccc(C)c3)no2)cc1. The Kier molecular flexibility index (Phi) is 4.52. The fraction of sp³-hybridized carbons (Fsp3) is 0.176. The molecule has 1 atom stereocenters. The summed E-state index contributed by atoms with van der Waals surface area (Å²) in [6.45, 7) is 1.97. The molecular formula is C17H16N2O3S. The highest BCUT2D eigenvalue weighted by molar-refractivity contribution is 7.84. The summed E-state index contributed by atoms with van der Waals surface area (Å²) in [5.41, 5.74) is 1.87. The van der Waals surface area contributed by atoms with Crippen molar-refractivity contribution in [1.82, 2.24) is 10.1 Å². The van der Waals surface area contributed by atoms with Crippen molar-refractivity contribution < 1.29 is 13.5 Å². The van der Waals surface area contributed by atoms with Gasteiger partial charge in [-0.1, -0.05) is 17.3 Å². The topological polar surface area (TPSA) is 65.2 Å². The molecule has 0 saturated carbocycles. The third kappa shape index (κ3) is 3.65. The average molecular weight is 328 g/mol. The van der Waals surface area contributed by atoms with Crippen molar-refractivity contribution >= 4 is 10.8 Å². The normalized spacial score (nSPS) is 12.1. The van der Waals surface area contributed by atoms with Gasteiger partial charge in [-0.2, -0.15) is 4.98 Å². The zero-order valence-corrected chi connectivity index (χ0v) is 13.7. The molecule has 0 aliphatic heterocycles. The Morgan fingerprint density at radius 2 is 1.96 bits per heavy atom. The van der Waals surface area contributed by atoms with Crippen LogP contribution in [0.25, 0.3) is 11.5 Å². The smallest absolute Gasteiger partial charge is 0.257 e. The molecule has 0 radical (unpaired) electrons. The summed E-state index contributed by atoms with van der Waals surface area (Å²) in [4.78, 5) is 5.08. The Morgan fingerprint density at radius 1 is 1.17 bits per heavy atom. The van der Waals surface area contributed by atoms with Gasteiger partial charge in [-0.25, -0.2) is 0 Å². The zero-order chi connectivity index (χ0) is 16.2. The van der Waals surface area contributed by atoms with Gasteiger partial charge in [-0.05, 0) is 48.9 Å². The van der Waals surface area contributed by atoms with Crippen LogP contribution in [0.5, 0.6) is 5.75 Å². The second kappa shape index (κ2) is 6.75. The van der Waals surface area contributed by atoms with Crippen LogP contribution in [0.1, 0.15) is 11.4 Å². The van der Waals surface area contributed by atoms with E-state index < -0.39 is 10.8 Å². The molecule has 118 valence electrons. The van der Waals surface area contributed by atoms with E-state index in [1.807, 2.05) is 55.5 Å². The summed E-state index contributed by atoms with van der Waals surface area (Å²) in [5, 5.41) is 3.91. The second-order valence-corrected chi connectivity index (χ2v) is 6.50. The highest BCUT2D eigenvalue weighted by Crippen LogP contribution is 2.21. The Morgan fingerprint density at radius 3 is 2.65 bits per heavy atom. The molecule has 2 aromatic carbocycles. The summed E-state index contributed by atoms with van der Waals surface area (Å²) >= 11 is 0. The molecule has 0 spiro atoms. The van der Waals surface area contributed by atoms with E-state index in [-0.39, 0.29) is 5.75 Å². The number of aryl methyl sites for hydroxylation is 1. The first kappa shape index (κ1) is 15.4. The molecule has 0 unspecified atom stereocenters. The lowest BCUT2D eigenvalue weighted by Gasteiger charge is -2.00. The summed E-state index contributed by atoms with van der Waals surface area (Å²) in [6.07, 6.45) is 0. The Labute approximate surface area is 136 Å². The highest BCUT2D eigenvalue weighted by atomic mass is 32.2. The molecule has 0 aliphatic rings. The van der Waals surface area contributed by atoms with Gasteiger partial charge in [0, 0.05) is 10.5 Å². The first-order valence-electron chi connectivity index (χ1n) is 7.08. The van der Waals surface area contributed by atoms with Gasteiger partial charge in [0.15, 0.2) is 5.82 Å². The van der Waals surface area contributed by atoms with Gasteiger partial charge in [-0.3, -0.25) is 4.21 Å². The third-order valence-corrected chi connectivity index (χ3v) is 4.62. The molecule has 0 fully saturated rings. The van der Waals surface area contributed by atoms with Crippen LogP contribution >= 0.6 is 0 Å². The third-order valence-electron chi connectivity index (χ3n) is 3.32. The molecule has 3 aromatic rings. The number of hydrogen-bond acceptors (Lipinski definition) is 5. The van der Waals surface area contributed by atoms with Crippen molar-refractivity contribution in [3.63, 3.8) is 0 Å². The maximum absolute atomic E-state index is 12.4. The summed E-state index contributed by atoms with van der Waals surface area (Å²) in [6, 6.07) is 14.9. The first-order valence-corrected chi connectivity index (χ1v) is 8.39. The van der Waals surface area contributed by atoms with E-state index in [4.69, 9.17) is 9.26 Å². The van der Waals surface area contributed by atoms with E-state index in [2.05, 4.69) is 10.1 Å². The first-order chi connectivity index (χ1) is 11.2. The fourth-order valence-electron chi connectivity index (χ4n) is 2.12. The van der Waals surface area contributed by atoms with Crippen molar-refractivity contribution in [3.05, 3.63) is 59.9 Å². The van der Waals surface area contributed by atoms with Crippen molar-refractivity contribution in [1.29, 1.82) is 0 Å².